The Bertz CT molecular complexity index is 559. The van der Waals surface area contributed by atoms with Gasteiger partial charge in [-0.1, -0.05) is 0 Å². The number of aliphatic hydroxyl groups is 5. The Labute approximate surface area is 130 Å². The largest absolute Gasteiger partial charge is 0.504 e. The van der Waals surface area contributed by atoms with Crippen molar-refractivity contribution in [1.29, 1.82) is 0 Å². The second-order valence-corrected chi connectivity index (χ2v) is 5.21. The first-order valence-corrected chi connectivity index (χ1v) is 6.76. The van der Waals surface area contributed by atoms with E-state index >= 15 is 0 Å². The monoisotopic (exact) mass is 330 g/mol. The molecule has 6 N–H and O–H groups in total. The number of hydrogen-bond donors (Lipinski definition) is 6. The summed E-state index contributed by atoms with van der Waals surface area (Å²) in [5, 5.41) is 57.7. The normalized spacial score (nSPS) is 34.0. The summed E-state index contributed by atoms with van der Waals surface area (Å²) >= 11 is 0. The molecule has 0 bridgehead atoms. The van der Waals surface area contributed by atoms with E-state index < -0.39 is 42.6 Å². The molecule has 1 aliphatic carbocycles. The zero-order valence-electron chi connectivity index (χ0n) is 12.1. The van der Waals surface area contributed by atoms with Crippen molar-refractivity contribution in [2.75, 3.05) is 7.11 Å². The Balaban J connectivity index is 2.18. The van der Waals surface area contributed by atoms with Crippen LogP contribution >= 0.6 is 0 Å². The minimum Gasteiger partial charge on any atom is -0.504 e. The van der Waals surface area contributed by atoms with Gasteiger partial charge in [0.2, 0.25) is 0 Å². The molecule has 0 spiro atoms. The van der Waals surface area contributed by atoms with Crippen LogP contribution in [0.3, 0.4) is 0 Å². The highest BCUT2D eigenvalue weighted by Crippen LogP contribution is 2.28. The first-order chi connectivity index (χ1) is 10.8. The van der Waals surface area contributed by atoms with Crippen molar-refractivity contribution in [2.24, 2.45) is 0 Å². The van der Waals surface area contributed by atoms with Gasteiger partial charge in [-0.25, -0.2) is 4.79 Å². The fourth-order valence-electron chi connectivity index (χ4n) is 2.33. The maximum absolute atomic E-state index is 12.1. The molecular formula is C14H18O9. The quantitative estimate of drug-likeness (QED) is 0.337. The molecule has 4 atom stereocenters. The molecule has 0 aromatic heterocycles. The van der Waals surface area contributed by atoms with Gasteiger partial charge in [-0.3, -0.25) is 0 Å². The SMILES string of the molecule is COc1cc(C(=O)OC2C(O)C(O)C(O)C(O)C2O)ccc1O. The molecule has 128 valence electrons. The second kappa shape index (κ2) is 6.69. The summed E-state index contributed by atoms with van der Waals surface area (Å²) in [4.78, 5) is 12.1. The summed E-state index contributed by atoms with van der Waals surface area (Å²) in [7, 11) is 1.28. The summed E-state index contributed by atoms with van der Waals surface area (Å²) in [5.74, 6) is -1.17. The molecule has 23 heavy (non-hydrogen) atoms. The Morgan fingerprint density at radius 2 is 1.48 bits per heavy atom. The van der Waals surface area contributed by atoms with Crippen molar-refractivity contribution in [2.45, 2.75) is 36.6 Å². The molecular weight excluding hydrogens is 312 g/mol. The minimum absolute atomic E-state index is 0.0136. The molecule has 0 aliphatic heterocycles. The predicted octanol–water partition coefficient (Wildman–Crippen LogP) is -2.26. The first kappa shape index (κ1) is 17.4. The van der Waals surface area contributed by atoms with Gasteiger partial charge in [0.05, 0.1) is 12.7 Å². The Morgan fingerprint density at radius 3 is 2.00 bits per heavy atom. The summed E-state index contributed by atoms with van der Waals surface area (Å²) in [5.41, 5.74) is -0.0471. The van der Waals surface area contributed by atoms with Crippen molar-refractivity contribution in [1.82, 2.24) is 0 Å². The Kier molecular flexibility index (Phi) is 5.07. The third-order valence-corrected chi connectivity index (χ3v) is 3.73. The molecule has 1 aromatic carbocycles. The standard InChI is InChI=1S/C14H18O9/c1-22-7-4-5(2-3-6(7)15)14(21)23-13-11(19)9(17)8(16)10(18)12(13)20/h2-4,8-13,15-20H,1H3. The van der Waals surface area contributed by atoms with Crippen LogP contribution in [0.15, 0.2) is 18.2 Å². The molecule has 1 saturated carbocycles. The van der Waals surface area contributed by atoms with Gasteiger partial charge in [0, 0.05) is 0 Å². The number of hydrogen-bond acceptors (Lipinski definition) is 9. The second-order valence-electron chi connectivity index (χ2n) is 5.21. The van der Waals surface area contributed by atoms with E-state index in [0.29, 0.717) is 0 Å². The summed E-state index contributed by atoms with van der Waals surface area (Å²) in [6.45, 7) is 0. The van der Waals surface area contributed by atoms with Gasteiger partial charge in [-0.15, -0.1) is 0 Å². The maximum Gasteiger partial charge on any atom is 0.338 e. The van der Waals surface area contributed by atoms with Gasteiger partial charge >= 0.3 is 5.97 Å². The fourth-order valence-corrected chi connectivity index (χ4v) is 2.33. The van der Waals surface area contributed by atoms with Crippen molar-refractivity contribution in [3.63, 3.8) is 0 Å². The van der Waals surface area contributed by atoms with Crippen molar-refractivity contribution in [3.8, 4) is 11.5 Å². The average Bonchev–Trinajstić information content (AvgIpc) is 2.55. The number of aromatic hydroxyl groups is 1. The lowest BCUT2D eigenvalue weighted by Gasteiger charge is -2.41. The zero-order valence-corrected chi connectivity index (χ0v) is 12.1. The number of esters is 1. The highest BCUT2D eigenvalue weighted by Gasteiger charge is 2.50. The number of aliphatic hydroxyl groups excluding tert-OH is 5. The summed E-state index contributed by atoms with van der Waals surface area (Å²) < 4.78 is 9.77. The third kappa shape index (κ3) is 3.23. The molecule has 0 radical (unpaired) electrons. The highest BCUT2D eigenvalue weighted by atomic mass is 16.6. The average molecular weight is 330 g/mol. The number of carbonyl (C=O) groups is 1. The van der Waals surface area contributed by atoms with Gasteiger partial charge in [0.25, 0.3) is 0 Å². The number of phenolic OH excluding ortho intramolecular Hbond substituents is 1. The van der Waals surface area contributed by atoms with Crippen LogP contribution < -0.4 is 4.74 Å². The van der Waals surface area contributed by atoms with Gasteiger partial charge in [0.15, 0.2) is 17.6 Å². The van der Waals surface area contributed by atoms with Crippen LogP contribution in [0, 0.1) is 0 Å². The molecule has 0 amide bonds. The lowest BCUT2D eigenvalue weighted by molar-refractivity contribution is -0.223. The molecule has 1 aromatic rings. The van der Waals surface area contributed by atoms with Crippen molar-refractivity contribution >= 4 is 5.97 Å². The van der Waals surface area contributed by atoms with Crippen LogP contribution in [0.2, 0.25) is 0 Å². The van der Waals surface area contributed by atoms with E-state index in [-0.39, 0.29) is 17.1 Å². The minimum atomic E-state index is -1.79. The molecule has 1 aliphatic rings. The van der Waals surface area contributed by atoms with Crippen LogP contribution in [-0.2, 0) is 4.74 Å². The van der Waals surface area contributed by atoms with Crippen LogP contribution in [-0.4, -0.2) is 80.3 Å². The van der Waals surface area contributed by atoms with Gasteiger partial charge in [-0.05, 0) is 18.2 Å². The number of phenols is 1. The topological polar surface area (TPSA) is 157 Å². The third-order valence-electron chi connectivity index (χ3n) is 3.73. The number of rotatable bonds is 3. The molecule has 2 rings (SSSR count). The van der Waals surface area contributed by atoms with E-state index in [9.17, 15) is 35.4 Å². The van der Waals surface area contributed by atoms with E-state index in [1.807, 2.05) is 0 Å². The van der Waals surface area contributed by atoms with Crippen LogP contribution in [0.4, 0.5) is 0 Å². The van der Waals surface area contributed by atoms with E-state index in [4.69, 9.17) is 9.47 Å². The summed E-state index contributed by atoms with van der Waals surface area (Å²) in [6.07, 6.45) is -10.6. The number of ether oxygens (including phenoxy) is 2. The van der Waals surface area contributed by atoms with E-state index in [1.54, 1.807) is 0 Å². The van der Waals surface area contributed by atoms with E-state index in [2.05, 4.69) is 0 Å². The van der Waals surface area contributed by atoms with Crippen LogP contribution in [0.5, 0.6) is 11.5 Å². The molecule has 4 unspecified atom stereocenters. The van der Waals surface area contributed by atoms with Gasteiger partial charge in [-0.2, -0.15) is 0 Å². The first-order valence-electron chi connectivity index (χ1n) is 6.76. The molecule has 0 saturated heterocycles. The summed E-state index contributed by atoms with van der Waals surface area (Å²) in [6, 6.07) is 3.60. The zero-order chi connectivity index (χ0) is 17.3. The van der Waals surface area contributed by atoms with E-state index in [0.717, 1.165) is 0 Å². The van der Waals surface area contributed by atoms with Crippen LogP contribution in [0.25, 0.3) is 0 Å². The number of carbonyl (C=O) groups excluding carboxylic acids is 1. The number of benzene rings is 1. The van der Waals surface area contributed by atoms with Crippen molar-refractivity contribution < 1.29 is 44.9 Å². The maximum atomic E-state index is 12.1. The Morgan fingerprint density at radius 1 is 0.957 bits per heavy atom. The highest BCUT2D eigenvalue weighted by molar-refractivity contribution is 5.90. The van der Waals surface area contributed by atoms with Gasteiger partial charge < -0.3 is 40.1 Å². The number of methoxy groups -OCH3 is 1. The molecule has 9 nitrogen and oxygen atoms in total. The smallest absolute Gasteiger partial charge is 0.338 e. The fraction of sp³-hybridized carbons (Fsp3) is 0.500. The lowest BCUT2D eigenvalue weighted by atomic mass is 9.85. The molecule has 9 heteroatoms. The van der Waals surface area contributed by atoms with Crippen molar-refractivity contribution in [3.05, 3.63) is 23.8 Å². The van der Waals surface area contributed by atoms with E-state index in [1.165, 1.54) is 25.3 Å². The Hall–Kier alpha value is -1.91. The lowest BCUT2D eigenvalue weighted by Crippen LogP contribution is -2.64. The molecule has 1 fully saturated rings. The van der Waals surface area contributed by atoms with Crippen LogP contribution in [0.1, 0.15) is 10.4 Å². The predicted molar refractivity (Wildman–Crippen MR) is 73.9 cm³/mol. The molecule has 0 heterocycles. The van der Waals surface area contributed by atoms with Gasteiger partial charge in [0.1, 0.15) is 30.5 Å².